The zero-order chi connectivity index (χ0) is 22.6. The van der Waals surface area contributed by atoms with Crippen LogP contribution in [0.2, 0.25) is 0 Å². The third-order valence-corrected chi connectivity index (χ3v) is 7.05. The van der Waals surface area contributed by atoms with Crippen LogP contribution in [0.5, 0.6) is 5.75 Å². The van der Waals surface area contributed by atoms with E-state index >= 15 is 0 Å². The highest BCUT2D eigenvalue weighted by molar-refractivity contribution is 5.36. The molecule has 0 amide bonds. The van der Waals surface area contributed by atoms with E-state index in [0.29, 0.717) is 18.6 Å². The third kappa shape index (κ3) is 4.94. The molecule has 2 aliphatic heterocycles. The molecule has 0 aromatic heterocycles. The van der Waals surface area contributed by atoms with Gasteiger partial charge in [0.25, 0.3) is 0 Å². The minimum atomic E-state index is -2.81. The Balaban J connectivity index is 1.46. The maximum atomic E-state index is 13.0. The van der Waals surface area contributed by atoms with E-state index in [1.165, 1.54) is 24.0 Å². The molecular weight excluding hydrogens is 418 g/mol. The Hall–Kier alpha value is -2.76. The lowest BCUT2D eigenvalue weighted by molar-refractivity contribution is -0.0511. The monoisotopic (exact) mass is 448 g/mol. The maximum absolute atomic E-state index is 13.0. The van der Waals surface area contributed by atoms with Crippen molar-refractivity contribution in [1.82, 2.24) is 9.80 Å². The van der Waals surface area contributed by atoms with Crippen LogP contribution >= 0.6 is 0 Å². The van der Waals surface area contributed by atoms with Crippen LogP contribution in [0.4, 0.5) is 8.78 Å². The fourth-order valence-corrected chi connectivity index (χ4v) is 5.70. The number of hydrogen-bond acceptors (Lipinski definition) is 3. The topological polar surface area (TPSA) is 15.7 Å². The van der Waals surface area contributed by atoms with Gasteiger partial charge in [-0.3, -0.25) is 9.80 Å². The van der Waals surface area contributed by atoms with Crippen molar-refractivity contribution in [3.05, 3.63) is 102 Å². The summed E-state index contributed by atoms with van der Waals surface area (Å²) >= 11 is 0. The lowest BCUT2D eigenvalue weighted by Crippen LogP contribution is -2.57. The van der Waals surface area contributed by atoms with Crippen LogP contribution in [0.1, 0.15) is 35.4 Å². The first-order valence-electron chi connectivity index (χ1n) is 11.8. The highest BCUT2D eigenvalue weighted by Crippen LogP contribution is 2.38. The van der Waals surface area contributed by atoms with Crippen LogP contribution in [0, 0.1) is 0 Å². The lowest BCUT2D eigenvalue weighted by atomic mass is 9.82. The predicted molar refractivity (Wildman–Crippen MR) is 127 cm³/mol. The molecule has 0 N–H and O–H groups in total. The molecule has 5 rings (SSSR count). The van der Waals surface area contributed by atoms with Crippen LogP contribution in [0.3, 0.4) is 0 Å². The summed E-state index contributed by atoms with van der Waals surface area (Å²) in [5.41, 5.74) is 3.46. The Labute approximate surface area is 194 Å². The van der Waals surface area contributed by atoms with Gasteiger partial charge in [-0.15, -0.1) is 0 Å². The Morgan fingerprint density at radius 2 is 1.45 bits per heavy atom. The standard InChI is InChI=1S/C28H30F2N2O/c29-28(30)33-26-16-8-7-14-23(26)18-31-19-24-15-9-17-32(24)25(20-31)27(21-10-3-1-4-11-21)22-12-5-2-6-13-22/h1-8,10-14,16,24-25,27-28H,9,15,17-20H2/t24-,25-/m0/s1. The first-order valence-corrected chi connectivity index (χ1v) is 11.8. The summed E-state index contributed by atoms with van der Waals surface area (Å²) in [5.74, 6) is 0.531. The average Bonchev–Trinajstić information content (AvgIpc) is 3.31. The number of halogens is 2. The summed E-state index contributed by atoms with van der Waals surface area (Å²) in [7, 11) is 0. The summed E-state index contributed by atoms with van der Waals surface area (Å²) in [6, 6.07) is 29.5. The first-order chi connectivity index (χ1) is 16.2. The normalized spacial score (nSPS) is 21.5. The number of rotatable bonds is 7. The minimum absolute atomic E-state index is 0.253. The molecule has 172 valence electrons. The molecule has 3 nitrogen and oxygen atoms in total. The Kier molecular flexibility index (Phi) is 6.70. The molecule has 3 aromatic carbocycles. The smallest absolute Gasteiger partial charge is 0.387 e. The molecule has 0 unspecified atom stereocenters. The highest BCUT2D eigenvalue weighted by Gasteiger charge is 2.41. The van der Waals surface area contributed by atoms with Crippen LogP contribution in [0.15, 0.2) is 84.9 Å². The van der Waals surface area contributed by atoms with Crippen molar-refractivity contribution in [2.24, 2.45) is 0 Å². The number of hydrogen-bond donors (Lipinski definition) is 0. The van der Waals surface area contributed by atoms with Gasteiger partial charge in [-0.05, 0) is 36.6 Å². The van der Waals surface area contributed by atoms with Gasteiger partial charge in [0.05, 0.1) is 0 Å². The quantitative estimate of drug-likeness (QED) is 0.456. The number of benzene rings is 3. The Morgan fingerprint density at radius 3 is 2.12 bits per heavy atom. The second-order valence-corrected chi connectivity index (χ2v) is 9.08. The van der Waals surface area contributed by atoms with Gasteiger partial charge in [0.15, 0.2) is 0 Å². The second-order valence-electron chi connectivity index (χ2n) is 9.08. The summed E-state index contributed by atoms with van der Waals surface area (Å²) in [6.07, 6.45) is 2.38. The predicted octanol–water partition coefficient (Wildman–Crippen LogP) is 5.77. The SMILES string of the molecule is FC(F)Oc1ccccc1CN1C[C@@H]2CCCN2[C@H](C(c2ccccc2)c2ccccc2)C1. The number of piperazine rings is 1. The molecule has 2 saturated heterocycles. The van der Waals surface area contributed by atoms with Gasteiger partial charge in [0.2, 0.25) is 0 Å². The van der Waals surface area contributed by atoms with Crippen LogP contribution < -0.4 is 4.74 Å². The molecule has 0 radical (unpaired) electrons. The molecule has 0 aliphatic carbocycles. The van der Waals surface area contributed by atoms with E-state index in [1.54, 1.807) is 12.1 Å². The molecule has 0 spiro atoms. The van der Waals surface area contributed by atoms with Gasteiger partial charge in [0, 0.05) is 43.2 Å². The van der Waals surface area contributed by atoms with Crippen LogP contribution in [0.25, 0.3) is 0 Å². The van der Waals surface area contributed by atoms with E-state index in [2.05, 4.69) is 70.5 Å². The van der Waals surface area contributed by atoms with Crippen molar-refractivity contribution < 1.29 is 13.5 Å². The summed E-state index contributed by atoms with van der Waals surface area (Å²) in [5, 5.41) is 0. The molecule has 33 heavy (non-hydrogen) atoms. The van der Waals surface area contributed by atoms with E-state index in [-0.39, 0.29) is 11.7 Å². The summed E-state index contributed by atoms with van der Waals surface area (Å²) in [6.45, 7) is 0.750. The number of para-hydroxylation sites is 1. The molecule has 3 aromatic rings. The molecular formula is C28H30F2N2O. The van der Waals surface area contributed by atoms with E-state index in [9.17, 15) is 8.78 Å². The van der Waals surface area contributed by atoms with E-state index in [4.69, 9.17) is 4.74 Å². The van der Waals surface area contributed by atoms with E-state index in [1.807, 2.05) is 12.1 Å². The fourth-order valence-electron chi connectivity index (χ4n) is 5.70. The van der Waals surface area contributed by atoms with Crippen molar-refractivity contribution in [2.45, 2.75) is 44.0 Å². The second kappa shape index (κ2) is 10.0. The first kappa shape index (κ1) is 22.1. The van der Waals surface area contributed by atoms with Gasteiger partial charge in [0.1, 0.15) is 5.75 Å². The van der Waals surface area contributed by atoms with E-state index < -0.39 is 6.61 Å². The van der Waals surface area contributed by atoms with Crippen LogP contribution in [-0.2, 0) is 6.54 Å². The van der Waals surface area contributed by atoms with Crippen molar-refractivity contribution >= 4 is 0 Å². The number of fused-ring (bicyclic) bond motifs is 1. The van der Waals surface area contributed by atoms with E-state index in [0.717, 1.165) is 25.2 Å². The van der Waals surface area contributed by atoms with Crippen molar-refractivity contribution in [2.75, 3.05) is 19.6 Å². The lowest BCUT2D eigenvalue weighted by Gasteiger charge is -2.47. The maximum Gasteiger partial charge on any atom is 0.387 e. The molecule has 0 bridgehead atoms. The number of alkyl halides is 2. The third-order valence-electron chi connectivity index (χ3n) is 7.05. The van der Waals surface area contributed by atoms with Gasteiger partial charge < -0.3 is 4.74 Å². The van der Waals surface area contributed by atoms with Gasteiger partial charge >= 0.3 is 6.61 Å². The van der Waals surface area contributed by atoms with Crippen LogP contribution in [-0.4, -0.2) is 48.1 Å². The Morgan fingerprint density at radius 1 is 0.818 bits per heavy atom. The van der Waals surface area contributed by atoms with Gasteiger partial charge in [-0.2, -0.15) is 8.78 Å². The highest BCUT2D eigenvalue weighted by atomic mass is 19.3. The van der Waals surface area contributed by atoms with Gasteiger partial charge in [-0.25, -0.2) is 0 Å². The molecule has 2 aliphatic rings. The summed E-state index contributed by atoms with van der Waals surface area (Å²) < 4.78 is 30.7. The largest absolute Gasteiger partial charge is 0.434 e. The molecule has 2 heterocycles. The fraction of sp³-hybridized carbons (Fsp3) is 0.357. The summed E-state index contributed by atoms with van der Waals surface area (Å²) in [4.78, 5) is 5.13. The number of nitrogens with zero attached hydrogens (tertiary/aromatic N) is 2. The number of ether oxygens (including phenoxy) is 1. The minimum Gasteiger partial charge on any atom is -0.434 e. The molecule has 0 saturated carbocycles. The van der Waals surface area contributed by atoms with Crippen molar-refractivity contribution in [3.63, 3.8) is 0 Å². The van der Waals surface area contributed by atoms with Gasteiger partial charge in [-0.1, -0.05) is 78.9 Å². The average molecular weight is 449 g/mol. The molecule has 2 fully saturated rings. The molecule has 5 heteroatoms. The molecule has 2 atom stereocenters. The zero-order valence-corrected chi connectivity index (χ0v) is 18.7. The van der Waals surface area contributed by atoms with Crippen molar-refractivity contribution in [3.8, 4) is 5.75 Å². The zero-order valence-electron chi connectivity index (χ0n) is 18.7. The Bertz CT molecular complexity index is 991. The van der Waals surface area contributed by atoms with Crippen molar-refractivity contribution in [1.29, 1.82) is 0 Å².